The first-order valence-electron chi connectivity index (χ1n) is 13.3. The highest BCUT2D eigenvalue weighted by molar-refractivity contribution is 5.86. The normalized spacial score (nSPS) is 16.0. The maximum atomic E-state index is 13.0. The fourth-order valence-corrected chi connectivity index (χ4v) is 4.43. The van der Waals surface area contributed by atoms with Crippen molar-refractivity contribution in [2.75, 3.05) is 13.2 Å². The molecule has 1 unspecified atom stereocenters. The average Bonchev–Trinajstić information content (AvgIpc) is 2.82. The maximum absolute atomic E-state index is 13.0. The summed E-state index contributed by atoms with van der Waals surface area (Å²) >= 11 is 0. The van der Waals surface area contributed by atoms with E-state index in [0.29, 0.717) is 6.42 Å². The molecule has 0 radical (unpaired) electrons. The topological polar surface area (TPSA) is 50.4 Å². The second-order valence-electron chi connectivity index (χ2n) is 9.11. The lowest BCUT2D eigenvalue weighted by Crippen LogP contribution is -2.58. The van der Waals surface area contributed by atoms with Crippen molar-refractivity contribution in [2.45, 2.75) is 117 Å². The largest absolute Gasteiger partial charge is 0.494 e. The number of ketones is 1. The number of nitrogens with one attached hydrogen (secondary N) is 2. The first kappa shape index (κ1) is 28.6. The van der Waals surface area contributed by atoms with Crippen LogP contribution in [0.3, 0.4) is 0 Å². The summed E-state index contributed by atoms with van der Waals surface area (Å²) in [6, 6.07) is 8.30. The molecule has 4 heteroatoms. The smallest absolute Gasteiger partial charge is 0.151 e. The maximum Gasteiger partial charge on any atom is 0.151 e. The zero-order chi connectivity index (χ0) is 23.7. The van der Waals surface area contributed by atoms with Crippen molar-refractivity contribution in [3.8, 4) is 5.75 Å². The van der Waals surface area contributed by atoms with Gasteiger partial charge in [0.25, 0.3) is 0 Å². The predicted octanol–water partition coefficient (Wildman–Crippen LogP) is 7.02. The van der Waals surface area contributed by atoms with Gasteiger partial charge in [-0.15, -0.1) is 0 Å². The monoisotopic (exact) mass is 446 g/mol. The van der Waals surface area contributed by atoms with Gasteiger partial charge in [0.1, 0.15) is 5.75 Å². The molecule has 2 N–H and O–H groups in total. The predicted molar refractivity (Wildman–Crippen MR) is 137 cm³/mol. The highest BCUT2D eigenvalue weighted by atomic mass is 16.5. The third kappa shape index (κ3) is 10.5. The van der Waals surface area contributed by atoms with Gasteiger partial charge in [-0.05, 0) is 62.6 Å². The molecule has 1 aromatic carbocycles. The first-order chi connectivity index (χ1) is 15.6. The molecular formula is C28H50N2O2. The summed E-state index contributed by atoms with van der Waals surface area (Å²) in [6.07, 6.45) is 13.8. The third-order valence-electron chi connectivity index (χ3n) is 6.53. The van der Waals surface area contributed by atoms with E-state index in [9.17, 15) is 4.79 Å². The molecule has 1 aliphatic carbocycles. The number of hydrogen-bond acceptors (Lipinski definition) is 4. The van der Waals surface area contributed by atoms with Gasteiger partial charge in [-0.25, -0.2) is 5.43 Å². The van der Waals surface area contributed by atoms with Gasteiger partial charge in [0.15, 0.2) is 5.78 Å². The minimum absolute atomic E-state index is 0.222. The van der Waals surface area contributed by atoms with Crippen molar-refractivity contribution in [2.24, 2.45) is 5.92 Å². The fourth-order valence-electron chi connectivity index (χ4n) is 4.43. The van der Waals surface area contributed by atoms with Crippen molar-refractivity contribution in [1.29, 1.82) is 0 Å². The summed E-state index contributed by atoms with van der Waals surface area (Å²) in [5.74, 6) is 1.89. The van der Waals surface area contributed by atoms with Gasteiger partial charge in [-0.1, -0.05) is 84.8 Å². The van der Waals surface area contributed by atoms with Gasteiger partial charge < -0.3 is 4.74 Å². The summed E-state index contributed by atoms with van der Waals surface area (Å²) in [5, 5.41) is 0. The van der Waals surface area contributed by atoms with Gasteiger partial charge in [0, 0.05) is 6.54 Å². The molecule has 1 aliphatic rings. The van der Waals surface area contributed by atoms with Gasteiger partial charge in [0.05, 0.1) is 12.1 Å². The Kier molecular flexibility index (Phi) is 15.3. The van der Waals surface area contributed by atoms with Gasteiger partial charge in [0.2, 0.25) is 0 Å². The van der Waals surface area contributed by atoms with E-state index in [1.165, 1.54) is 32.1 Å². The molecule has 184 valence electrons. The van der Waals surface area contributed by atoms with E-state index < -0.39 is 5.54 Å². The first-order valence-corrected chi connectivity index (χ1v) is 13.3. The van der Waals surface area contributed by atoms with Crippen LogP contribution in [0.2, 0.25) is 0 Å². The molecule has 32 heavy (non-hydrogen) atoms. The number of benzene rings is 1. The summed E-state index contributed by atoms with van der Waals surface area (Å²) in [5.41, 5.74) is 7.46. The number of ether oxygens (including phenoxy) is 1. The van der Waals surface area contributed by atoms with E-state index in [4.69, 9.17) is 4.74 Å². The van der Waals surface area contributed by atoms with E-state index in [2.05, 4.69) is 36.8 Å². The molecule has 0 heterocycles. The standard InChI is InChI=1S/C26H44N2O2.C2H6/c1-4-6-18-27-28-26(22(3)29,17-16-23-12-9-8-10-13-23)21-24-14-11-15-25(20-24)30-19-7-5-2;1-2/h11,14-15,20,23,27-28H,4-10,12-13,16-19,21H2,1-3H3;1-2H3. The molecule has 0 spiro atoms. The Hall–Kier alpha value is -1.39. The Morgan fingerprint density at radius 1 is 1.09 bits per heavy atom. The molecule has 0 aromatic heterocycles. The van der Waals surface area contributed by atoms with Crippen molar-refractivity contribution >= 4 is 5.78 Å². The lowest BCUT2D eigenvalue weighted by Gasteiger charge is -2.35. The van der Waals surface area contributed by atoms with Crippen LogP contribution < -0.4 is 15.6 Å². The molecule has 2 rings (SSSR count). The molecule has 0 bridgehead atoms. The zero-order valence-electron chi connectivity index (χ0n) is 21.6. The van der Waals surface area contributed by atoms with Crippen LogP contribution in [0, 0.1) is 5.92 Å². The highest BCUT2D eigenvalue weighted by Crippen LogP contribution is 2.31. The second-order valence-corrected chi connectivity index (χ2v) is 9.11. The third-order valence-corrected chi connectivity index (χ3v) is 6.53. The number of hydrazine groups is 1. The van der Waals surface area contributed by atoms with E-state index in [1.54, 1.807) is 6.92 Å². The average molecular weight is 447 g/mol. The molecule has 1 atom stereocenters. The number of carbonyl (C=O) groups is 1. The van der Waals surface area contributed by atoms with Crippen molar-refractivity contribution in [3.63, 3.8) is 0 Å². The second kappa shape index (κ2) is 17.1. The van der Waals surface area contributed by atoms with Crippen LogP contribution in [-0.2, 0) is 11.2 Å². The molecule has 1 fully saturated rings. The van der Waals surface area contributed by atoms with Crippen LogP contribution in [-0.4, -0.2) is 24.5 Å². The molecular weight excluding hydrogens is 396 g/mol. The Labute approximate surface area is 198 Å². The zero-order valence-corrected chi connectivity index (χ0v) is 21.6. The highest BCUT2D eigenvalue weighted by Gasteiger charge is 2.36. The Balaban J connectivity index is 0.00000249. The Morgan fingerprint density at radius 3 is 2.47 bits per heavy atom. The van der Waals surface area contributed by atoms with Crippen molar-refractivity contribution in [3.05, 3.63) is 29.8 Å². The number of rotatable bonds is 15. The van der Waals surface area contributed by atoms with E-state index >= 15 is 0 Å². The Bertz CT molecular complexity index is 613. The van der Waals surface area contributed by atoms with Gasteiger partial charge in [-0.3, -0.25) is 10.2 Å². The number of Topliss-reactive ketones (excluding diaryl/α,β-unsaturated/α-hetero) is 1. The quantitative estimate of drug-likeness (QED) is 0.224. The van der Waals surface area contributed by atoms with Crippen molar-refractivity contribution < 1.29 is 9.53 Å². The van der Waals surface area contributed by atoms with Crippen LogP contribution in [0.5, 0.6) is 5.75 Å². The molecule has 0 amide bonds. The van der Waals surface area contributed by atoms with Crippen LogP contribution in [0.25, 0.3) is 0 Å². The lowest BCUT2D eigenvalue weighted by atomic mass is 9.78. The summed E-state index contributed by atoms with van der Waals surface area (Å²) in [7, 11) is 0. The fraction of sp³-hybridized carbons (Fsp3) is 0.750. The number of unbranched alkanes of at least 4 members (excludes halogenated alkanes) is 2. The van der Waals surface area contributed by atoms with Gasteiger partial charge in [-0.2, -0.15) is 0 Å². The van der Waals surface area contributed by atoms with Crippen LogP contribution in [0.1, 0.15) is 111 Å². The van der Waals surface area contributed by atoms with Crippen molar-refractivity contribution in [1.82, 2.24) is 10.9 Å². The van der Waals surface area contributed by atoms with E-state index in [-0.39, 0.29) is 5.78 Å². The minimum Gasteiger partial charge on any atom is -0.494 e. The van der Waals surface area contributed by atoms with Crippen LogP contribution >= 0.6 is 0 Å². The van der Waals surface area contributed by atoms with Crippen LogP contribution in [0.15, 0.2) is 24.3 Å². The summed E-state index contributed by atoms with van der Waals surface area (Å²) in [6.45, 7) is 11.7. The minimum atomic E-state index is -0.562. The molecule has 0 aliphatic heterocycles. The molecule has 1 aromatic rings. The Morgan fingerprint density at radius 2 is 1.81 bits per heavy atom. The van der Waals surface area contributed by atoms with E-state index in [0.717, 1.165) is 68.9 Å². The molecule has 1 saturated carbocycles. The van der Waals surface area contributed by atoms with E-state index in [1.807, 2.05) is 26.0 Å². The SMILES string of the molecule is CC.CCCCNNC(CCC1CCCCC1)(Cc1cccc(OCCCC)c1)C(C)=O. The number of carbonyl (C=O) groups excluding carboxylic acids is 1. The molecule has 4 nitrogen and oxygen atoms in total. The number of hydrogen-bond donors (Lipinski definition) is 2. The van der Waals surface area contributed by atoms with Crippen LogP contribution in [0.4, 0.5) is 0 Å². The van der Waals surface area contributed by atoms with Gasteiger partial charge >= 0.3 is 0 Å². The molecule has 0 saturated heterocycles. The summed E-state index contributed by atoms with van der Waals surface area (Å²) < 4.78 is 5.91. The summed E-state index contributed by atoms with van der Waals surface area (Å²) in [4.78, 5) is 13.0. The lowest BCUT2D eigenvalue weighted by molar-refractivity contribution is -0.124.